The fourth-order valence-corrected chi connectivity index (χ4v) is 2.58. The quantitative estimate of drug-likeness (QED) is 0.787. The number of hydrogen-bond acceptors (Lipinski definition) is 2. The van der Waals surface area contributed by atoms with Crippen LogP contribution in [0.2, 0.25) is 5.15 Å². The molecule has 0 saturated carbocycles. The molecular formula is C14H19ClN2O. The Bertz CT molecular complexity index is 422. The van der Waals surface area contributed by atoms with E-state index in [0.29, 0.717) is 24.0 Å². The fraction of sp³-hybridized carbons (Fsp3) is 0.571. The Morgan fingerprint density at radius 1 is 1.44 bits per heavy atom. The third-order valence-electron chi connectivity index (χ3n) is 3.63. The summed E-state index contributed by atoms with van der Waals surface area (Å²) in [7, 11) is 0. The maximum atomic E-state index is 12.0. The average molecular weight is 267 g/mol. The Morgan fingerprint density at radius 2 is 2.28 bits per heavy atom. The normalized spacial score (nSPS) is 20.9. The highest BCUT2D eigenvalue weighted by Crippen LogP contribution is 2.22. The first-order valence-electron chi connectivity index (χ1n) is 6.58. The maximum Gasteiger partial charge on any atom is 0.222 e. The monoisotopic (exact) mass is 266 g/mol. The molecule has 1 aromatic rings. The molecule has 1 saturated heterocycles. The van der Waals surface area contributed by atoms with E-state index >= 15 is 0 Å². The van der Waals surface area contributed by atoms with Gasteiger partial charge in [-0.2, -0.15) is 0 Å². The Labute approximate surface area is 113 Å². The van der Waals surface area contributed by atoms with Gasteiger partial charge in [-0.15, -0.1) is 0 Å². The van der Waals surface area contributed by atoms with E-state index in [0.717, 1.165) is 31.5 Å². The second kappa shape index (κ2) is 6.19. The van der Waals surface area contributed by atoms with Crippen molar-refractivity contribution in [3.63, 3.8) is 0 Å². The molecule has 1 fully saturated rings. The number of carbonyl (C=O) groups is 1. The van der Waals surface area contributed by atoms with Crippen molar-refractivity contribution in [3.05, 3.63) is 29.0 Å². The molecule has 18 heavy (non-hydrogen) atoms. The lowest BCUT2D eigenvalue weighted by Crippen LogP contribution is -2.30. The van der Waals surface area contributed by atoms with E-state index in [1.54, 1.807) is 6.07 Å². The number of amides is 1. The second-order valence-corrected chi connectivity index (χ2v) is 5.26. The minimum absolute atomic E-state index is 0.243. The highest BCUT2D eigenvalue weighted by molar-refractivity contribution is 6.29. The van der Waals surface area contributed by atoms with Crippen LogP contribution in [0.25, 0.3) is 0 Å². The molecule has 0 aliphatic carbocycles. The van der Waals surface area contributed by atoms with Crippen molar-refractivity contribution < 1.29 is 4.79 Å². The van der Waals surface area contributed by atoms with E-state index in [-0.39, 0.29) is 5.91 Å². The van der Waals surface area contributed by atoms with Crippen molar-refractivity contribution in [2.24, 2.45) is 5.92 Å². The summed E-state index contributed by atoms with van der Waals surface area (Å²) in [5.74, 6) is 0.930. The van der Waals surface area contributed by atoms with E-state index in [9.17, 15) is 4.79 Å². The predicted octanol–water partition coefficient (Wildman–Crippen LogP) is 3.27. The third-order valence-corrected chi connectivity index (χ3v) is 3.84. The van der Waals surface area contributed by atoms with Crippen LogP contribution in [0.5, 0.6) is 0 Å². The van der Waals surface area contributed by atoms with E-state index in [1.807, 2.05) is 17.0 Å². The smallest absolute Gasteiger partial charge is 0.222 e. The van der Waals surface area contributed by atoms with Gasteiger partial charge >= 0.3 is 0 Å². The largest absolute Gasteiger partial charge is 0.337 e. The molecular weight excluding hydrogens is 248 g/mol. The molecule has 2 rings (SSSR count). The Kier molecular flexibility index (Phi) is 4.59. The van der Waals surface area contributed by atoms with E-state index < -0.39 is 0 Å². The van der Waals surface area contributed by atoms with Crippen LogP contribution in [0.1, 0.15) is 38.3 Å². The first-order valence-corrected chi connectivity index (χ1v) is 6.96. The summed E-state index contributed by atoms with van der Waals surface area (Å²) in [5, 5.41) is 0.487. The van der Waals surface area contributed by atoms with Crippen molar-refractivity contribution in [2.75, 3.05) is 6.54 Å². The zero-order chi connectivity index (χ0) is 13.0. The fourth-order valence-electron chi connectivity index (χ4n) is 2.40. The number of halogens is 1. The summed E-state index contributed by atoms with van der Waals surface area (Å²) >= 11 is 5.86. The van der Waals surface area contributed by atoms with E-state index in [1.165, 1.54) is 0 Å². The standard InChI is InChI=1S/C14H19ClN2O/c1-2-11-6-7-14(18)17(9-8-11)10-12-4-3-5-13(15)16-12/h3-5,11H,2,6-10H2,1H3. The molecule has 4 heteroatoms. The molecule has 1 unspecified atom stereocenters. The van der Waals surface area contributed by atoms with Crippen molar-refractivity contribution in [2.45, 2.75) is 39.2 Å². The molecule has 0 radical (unpaired) electrons. The summed E-state index contributed by atoms with van der Waals surface area (Å²) in [4.78, 5) is 18.2. The van der Waals surface area contributed by atoms with Gasteiger partial charge in [-0.05, 0) is 30.9 Å². The lowest BCUT2D eigenvalue weighted by atomic mass is 9.98. The first kappa shape index (κ1) is 13.3. The minimum atomic E-state index is 0.243. The van der Waals surface area contributed by atoms with Crippen LogP contribution in [-0.2, 0) is 11.3 Å². The number of nitrogens with zero attached hydrogens (tertiary/aromatic N) is 2. The summed E-state index contributed by atoms with van der Waals surface area (Å²) < 4.78 is 0. The predicted molar refractivity (Wildman–Crippen MR) is 72.3 cm³/mol. The molecule has 1 aliphatic rings. The van der Waals surface area contributed by atoms with Gasteiger partial charge < -0.3 is 4.90 Å². The zero-order valence-corrected chi connectivity index (χ0v) is 11.5. The van der Waals surface area contributed by atoms with Crippen molar-refractivity contribution in [3.8, 4) is 0 Å². The minimum Gasteiger partial charge on any atom is -0.337 e. The van der Waals surface area contributed by atoms with Crippen LogP contribution >= 0.6 is 11.6 Å². The van der Waals surface area contributed by atoms with E-state index in [2.05, 4.69) is 11.9 Å². The molecule has 1 amide bonds. The number of aromatic nitrogens is 1. The summed E-state index contributed by atoms with van der Waals surface area (Å²) in [6.45, 7) is 3.62. The number of likely N-dealkylation sites (tertiary alicyclic amines) is 1. The van der Waals surface area contributed by atoms with Crippen molar-refractivity contribution >= 4 is 17.5 Å². The van der Waals surface area contributed by atoms with Gasteiger partial charge in [0.15, 0.2) is 0 Å². The van der Waals surface area contributed by atoms with Crippen LogP contribution in [0, 0.1) is 5.92 Å². The van der Waals surface area contributed by atoms with Crippen LogP contribution in [0.15, 0.2) is 18.2 Å². The summed E-state index contributed by atoms with van der Waals surface area (Å²) in [5.41, 5.74) is 0.866. The molecule has 0 bridgehead atoms. The molecule has 3 nitrogen and oxygen atoms in total. The maximum absolute atomic E-state index is 12.0. The Morgan fingerprint density at radius 3 is 3.00 bits per heavy atom. The van der Waals surface area contributed by atoms with Crippen LogP contribution in [0.4, 0.5) is 0 Å². The molecule has 1 aromatic heterocycles. The van der Waals surface area contributed by atoms with E-state index in [4.69, 9.17) is 11.6 Å². The van der Waals surface area contributed by atoms with Gasteiger partial charge in [-0.25, -0.2) is 4.98 Å². The molecule has 2 heterocycles. The topological polar surface area (TPSA) is 33.2 Å². The van der Waals surface area contributed by atoms with Gasteiger partial charge in [0.2, 0.25) is 5.91 Å². The van der Waals surface area contributed by atoms with Gasteiger partial charge in [0.25, 0.3) is 0 Å². The van der Waals surface area contributed by atoms with Gasteiger partial charge in [-0.1, -0.05) is 31.0 Å². The summed E-state index contributed by atoms with van der Waals surface area (Å²) in [6, 6.07) is 5.55. The van der Waals surface area contributed by atoms with Crippen LogP contribution in [-0.4, -0.2) is 22.3 Å². The molecule has 1 aliphatic heterocycles. The van der Waals surface area contributed by atoms with Gasteiger partial charge in [0.1, 0.15) is 5.15 Å². The molecule has 0 aromatic carbocycles. The number of carbonyl (C=O) groups excluding carboxylic acids is 1. The number of hydrogen-bond donors (Lipinski definition) is 0. The van der Waals surface area contributed by atoms with Gasteiger partial charge in [0.05, 0.1) is 12.2 Å². The molecule has 98 valence electrons. The lowest BCUT2D eigenvalue weighted by molar-refractivity contribution is -0.131. The lowest BCUT2D eigenvalue weighted by Gasteiger charge is -2.20. The summed E-state index contributed by atoms with van der Waals surface area (Å²) in [6.07, 6.45) is 3.95. The average Bonchev–Trinajstić information content (AvgIpc) is 2.53. The number of pyridine rings is 1. The second-order valence-electron chi connectivity index (χ2n) is 4.87. The van der Waals surface area contributed by atoms with Gasteiger partial charge in [-0.3, -0.25) is 4.79 Å². The highest BCUT2D eigenvalue weighted by atomic mass is 35.5. The van der Waals surface area contributed by atoms with Crippen molar-refractivity contribution in [1.82, 2.24) is 9.88 Å². The molecule has 0 spiro atoms. The van der Waals surface area contributed by atoms with Crippen LogP contribution in [0.3, 0.4) is 0 Å². The van der Waals surface area contributed by atoms with Crippen molar-refractivity contribution in [1.29, 1.82) is 0 Å². The number of rotatable bonds is 3. The molecule has 1 atom stereocenters. The SMILES string of the molecule is CCC1CCC(=O)N(Cc2cccc(Cl)n2)CC1. The highest BCUT2D eigenvalue weighted by Gasteiger charge is 2.21. The Balaban J connectivity index is 2.01. The van der Waals surface area contributed by atoms with Gasteiger partial charge in [0, 0.05) is 13.0 Å². The zero-order valence-electron chi connectivity index (χ0n) is 10.7. The molecule has 0 N–H and O–H groups in total. The Hall–Kier alpha value is -1.09. The third kappa shape index (κ3) is 3.45. The first-order chi connectivity index (χ1) is 8.69. The van der Waals surface area contributed by atoms with Crippen LogP contribution < -0.4 is 0 Å².